The number of aliphatic hydroxyl groups is 3. The van der Waals surface area contributed by atoms with Crippen molar-refractivity contribution in [1.82, 2.24) is 10.2 Å². The molecule has 0 spiro atoms. The van der Waals surface area contributed by atoms with Gasteiger partial charge in [0.15, 0.2) is 0 Å². The molecule has 0 radical (unpaired) electrons. The summed E-state index contributed by atoms with van der Waals surface area (Å²) >= 11 is 0. The minimum absolute atomic E-state index is 0.0244. The van der Waals surface area contributed by atoms with Gasteiger partial charge < -0.3 is 25.5 Å². The number of hydrogen-bond donors (Lipinski definition) is 4. The largest absolute Gasteiger partial charge is 0.396 e. The summed E-state index contributed by atoms with van der Waals surface area (Å²) in [6.07, 6.45) is 2.36. The van der Waals surface area contributed by atoms with Crippen molar-refractivity contribution in [3.63, 3.8) is 0 Å². The van der Waals surface area contributed by atoms with Crippen molar-refractivity contribution in [3.8, 4) is 0 Å². The minimum Gasteiger partial charge on any atom is -0.396 e. The predicted octanol–water partition coefficient (Wildman–Crippen LogP) is -0.674. The predicted molar refractivity (Wildman–Crippen MR) is 78.6 cm³/mol. The molecule has 122 valence electrons. The minimum atomic E-state index is -0.987. The monoisotopic (exact) mass is 300 g/mol. The second kappa shape index (κ2) is 7.05. The van der Waals surface area contributed by atoms with Gasteiger partial charge in [0.05, 0.1) is 12.1 Å². The van der Waals surface area contributed by atoms with E-state index in [0.717, 1.165) is 25.7 Å². The summed E-state index contributed by atoms with van der Waals surface area (Å²) in [6, 6.07) is -0.0248. The summed E-state index contributed by atoms with van der Waals surface area (Å²) < 4.78 is 0. The zero-order valence-corrected chi connectivity index (χ0v) is 12.9. The quantitative estimate of drug-likeness (QED) is 0.552. The van der Waals surface area contributed by atoms with Crippen LogP contribution in [0.3, 0.4) is 0 Å². The standard InChI is InChI=1S/C15H28N2O4/c1-17(2)11-5-3-4-9(6-11)15(21)16-12-7-10(8-18)13(19)14(12)20/h9-14,18-20H,3-8H2,1-2H3,(H,16,21)/t9-,10+,11+,12+,13+,14-/m0/s1. The molecule has 0 aromatic heterocycles. The van der Waals surface area contributed by atoms with E-state index in [2.05, 4.69) is 10.2 Å². The molecule has 0 aromatic carbocycles. The number of aliphatic hydroxyl groups excluding tert-OH is 3. The molecule has 2 aliphatic rings. The molecule has 0 aliphatic heterocycles. The van der Waals surface area contributed by atoms with E-state index in [4.69, 9.17) is 5.11 Å². The molecule has 4 N–H and O–H groups in total. The topological polar surface area (TPSA) is 93.0 Å². The molecule has 2 saturated carbocycles. The third-order valence-electron chi connectivity index (χ3n) is 5.11. The van der Waals surface area contributed by atoms with Crippen LogP contribution in [0.15, 0.2) is 0 Å². The molecule has 2 aliphatic carbocycles. The average Bonchev–Trinajstić information content (AvgIpc) is 2.75. The average molecular weight is 300 g/mol. The van der Waals surface area contributed by atoms with E-state index in [1.54, 1.807) is 0 Å². The van der Waals surface area contributed by atoms with Crippen LogP contribution in [-0.4, -0.2) is 71.1 Å². The van der Waals surface area contributed by atoms with Gasteiger partial charge in [-0.2, -0.15) is 0 Å². The zero-order chi connectivity index (χ0) is 15.6. The Hall–Kier alpha value is -0.690. The SMILES string of the molecule is CN(C)[C@@H]1CCC[C@H](C(=O)N[C@@H]2C[C@H](CO)[C@@H](O)[C@H]2O)C1. The molecular weight excluding hydrogens is 272 g/mol. The Bertz CT molecular complexity index is 364. The van der Waals surface area contributed by atoms with Crippen LogP contribution in [0.5, 0.6) is 0 Å². The van der Waals surface area contributed by atoms with Crippen LogP contribution in [0, 0.1) is 11.8 Å². The summed E-state index contributed by atoms with van der Waals surface area (Å²) in [5.41, 5.74) is 0. The van der Waals surface area contributed by atoms with E-state index in [-0.39, 0.29) is 24.3 Å². The molecule has 6 heteroatoms. The summed E-state index contributed by atoms with van der Waals surface area (Å²) in [7, 11) is 4.07. The highest BCUT2D eigenvalue weighted by molar-refractivity contribution is 5.79. The first-order chi connectivity index (χ1) is 9.93. The maximum absolute atomic E-state index is 12.4. The van der Waals surface area contributed by atoms with Crippen molar-refractivity contribution in [2.45, 2.75) is 56.4 Å². The second-order valence-electron chi connectivity index (χ2n) is 6.76. The smallest absolute Gasteiger partial charge is 0.223 e. The number of rotatable bonds is 4. The van der Waals surface area contributed by atoms with Crippen LogP contribution in [0.4, 0.5) is 0 Å². The highest BCUT2D eigenvalue weighted by Crippen LogP contribution is 2.29. The molecular formula is C15H28N2O4. The number of nitrogens with zero attached hydrogens (tertiary/aromatic N) is 1. The van der Waals surface area contributed by atoms with Crippen molar-refractivity contribution in [1.29, 1.82) is 0 Å². The maximum Gasteiger partial charge on any atom is 0.223 e. The Morgan fingerprint density at radius 1 is 1.19 bits per heavy atom. The van der Waals surface area contributed by atoms with Gasteiger partial charge in [-0.15, -0.1) is 0 Å². The molecule has 0 saturated heterocycles. The number of hydrogen-bond acceptors (Lipinski definition) is 5. The van der Waals surface area contributed by atoms with Gasteiger partial charge in [-0.1, -0.05) is 6.42 Å². The van der Waals surface area contributed by atoms with Gasteiger partial charge in [0, 0.05) is 24.5 Å². The van der Waals surface area contributed by atoms with Crippen LogP contribution in [-0.2, 0) is 4.79 Å². The molecule has 1 amide bonds. The lowest BCUT2D eigenvalue weighted by molar-refractivity contribution is -0.128. The highest BCUT2D eigenvalue weighted by Gasteiger charge is 2.42. The zero-order valence-electron chi connectivity index (χ0n) is 12.9. The molecule has 21 heavy (non-hydrogen) atoms. The van der Waals surface area contributed by atoms with Gasteiger partial charge in [0.1, 0.15) is 6.10 Å². The number of amides is 1. The van der Waals surface area contributed by atoms with Crippen LogP contribution >= 0.6 is 0 Å². The Labute approximate surface area is 126 Å². The van der Waals surface area contributed by atoms with Gasteiger partial charge in [0.25, 0.3) is 0 Å². The van der Waals surface area contributed by atoms with Gasteiger partial charge in [-0.25, -0.2) is 0 Å². The summed E-state index contributed by atoms with van der Waals surface area (Å²) in [4.78, 5) is 14.5. The summed E-state index contributed by atoms with van der Waals surface area (Å²) in [6.45, 7) is -0.170. The van der Waals surface area contributed by atoms with Crippen LogP contribution < -0.4 is 5.32 Å². The van der Waals surface area contributed by atoms with Crippen LogP contribution in [0.1, 0.15) is 32.1 Å². The highest BCUT2D eigenvalue weighted by atomic mass is 16.3. The fourth-order valence-corrected chi connectivity index (χ4v) is 3.62. The van der Waals surface area contributed by atoms with Crippen LogP contribution in [0.2, 0.25) is 0 Å². The fourth-order valence-electron chi connectivity index (χ4n) is 3.62. The van der Waals surface area contributed by atoms with Crippen molar-refractivity contribution in [3.05, 3.63) is 0 Å². The number of carbonyl (C=O) groups is 1. The molecule has 0 aromatic rings. The van der Waals surface area contributed by atoms with Gasteiger partial charge in [-0.05, 0) is 39.8 Å². The van der Waals surface area contributed by atoms with Gasteiger partial charge in [-0.3, -0.25) is 4.79 Å². The lowest BCUT2D eigenvalue weighted by atomic mass is 9.84. The first-order valence-corrected chi connectivity index (χ1v) is 7.87. The van der Waals surface area contributed by atoms with E-state index in [1.807, 2.05) is 14.1 Å². The van der Waals surface area contributed by atoms with Gasteiger partial charge in [0.2, 0.25) is 5.91 Å². The Morgan fingerprint density at radius 2 is 1.90 bits per heavy atom. The Morgan fingerprint density at radius 3 is 2.48 bits per heavy atom. The number of carbonyl (C=O) groups excluding carboxylic acids is 1. The van der Waals surface area contributed by atoms with Crippen molar-refractivity contribution in [2.24, 2.45) is 11.8 Å². The molecule has 0 heterocycles. The van der Waals surface area contributed by atoms with E-state index in [9.17, 15) is 15.0 Å². The van der Waals surface area contributed by atoms with E-state index >= 15 is 0 Å². The summed E-state index contributed by atoms with van der Waals surface area (Å²) in [5, 5.41) is 31.8. The first-order valence-electron chi connectivity index (χ1n) is 7.87. The van der Waals surface area contributed by atoms with Crippen molar-refractivity contribution < 1.29 is 20.1 Å². The van der Waals surface area contributed by atoms with Crippen molar-refractivity contribution >= 4 is 5.91 Å². The maximum atomic E-state index is 12.4. The van der Waals surface area contributed by atoms with E-state index in [0.29, 0.717) is 12.5 Å². The Kier molecular flexibility index (Phi) is 5.60. The van der Waals surface area contributed by atoms with Crippen LogP contribution in [0.25, 0.3) is 0 Å². The third kappa shape index (κ3) is 3.74. The second-order valence-corrected chi connectivity index (χ2v) is 6.76. The molecule has 6 nitrogen and oxygen atoms in total. The van der Waals surface area contributed by atoms with Crippen molar-refractivity contribution in [2.75, 3.05) is 20.7 Å². The molecule has 0 bridgehead atoms. The lowest BCUT2D eigenvalue weighted by Gasteiger charge is -2.33. The van der Waals surface area contributed by atoms with E-state index in [1.165, 1.54) is 0 Å². The fraction of sp³-hybridized carbons (Fsp3) is 0.933. The number of nitrogens with one attached hydrogen (secondary N) is 1. The molecule has 2 fully saturated rings. The normalized spacial score (nSPS) is 40.5. The third-order valence-corrected chi connectivity index (χ3v) is 5.11. The molecule has 2 rings (SSSR count). The lowest BCUT2D eigenvalue weighted by Crippen LogP contribution is -2.47. The molecule has 0 unspecified atom stereocenters. The summed E-state index contributed by atoms with van der Waals surface area (Å²) in [5.74, 6) is -0.411. The van der Waals surface area contributed by atoms with E-state index < -0.39 is 18.2 Å². The first kappa shape index (κ1) is 16.7. The van der Waals surface area contributed by atoms with Gasteiger partial charge >= 0.3 is 0 Å². The molecule has 6 atom stereocenters. The Balaban J connectivity index is 1.89.